The molecule has 3 heterocycles. The Morgan fingerprint density at radius 1 is 1.35 bits per heavy atom. The van der Waals surface area contributed by atoms with Crippen LogP contribution in [-0.2, 0) is 0 Å². The van der Waals surface area contributed by atoms with Crippen LogP contribution in [0.3, 0.4) is 0 Å². The van der Waals surface area contributed by atoms with Crippen LogP contribution in [0.25, 0.3) is 0 Å². The zero-order chi connectivity index (χ0) is 15.4. The summed E-state index contributed by atoms with van der Waals surface area (Å²) < 4.78 is 0. The summed E-state index contributed by atoms with van der Waals surface area (Å²) in [7, 11) is 0. The van der Waals surface area contributed by atoms with Crippen LogP contribution in [0, 0.1) is 5.92 Å². The number of aliphatic imine (C=N–C) groups is 1. The summed E-state index contributed by atoms with van der Waals surface area (Å²) in [6.45, 7) is 7.60. The number of halogens is 1. The first kappa shape index (κ1) is 19.0. The zero-order valence-corrected chi connectivity index (χ0v) is 17.1. The highest BCUT2D eigenvalue weighted by molar-refractivity contribution is 14.0. The van der Waals surface area contributed by atoms with E-state index in [2.05, 4.69) is 34.2 Å². The van der Waals surface area contributed by atoms with Gasteiger partial charge in [0.1, 0.15) is 0 Å². The monoisotopic (exact) mass is 448 g/mol. The van der Waals surface area contributed by atoms with Gasteiger partial charge < -0.3 is 10.6 Å². The van der Waals surface area contributed by atoms with Crippen LogP contribution in [0.4, 0.5) is 0 Å². The Bertz CT molecular complexity index is 485. The summed E-state index contributed by atoms with van der Waals surface area (Å²) in [4.78, 5) is 11.0. The Labute approximate surface area is 161 Å². The number of rotatable bonds is 4. The van der Waals surface area contributed by atoms with E-state index in [0.29, 0.717) is 6.04 Å². The molecular formula is C17H29IN4S. The van der Waals surface area contributed by atoms with Gasteiger partial charge >= 0.3 is 0 Å². The molecule has 4 nitrogen and oxygen atoms in total. The minimum Gasteiger partial charge on any atom is -0.370 e. The first-order valence-corrected chi connectivity index (χ1v) is 9.44. The molecule has 1 aromatic heterocycles. The molecule has 23 heavy (non-hydrogen) atoms. The van der Waals surface area contributed by atoms with Crippen LogP contribution < -0.4 is 5.73 Å². The Kier molecular flexibility index (Phi) is 7.62. The summed E-state index contributed by atoms with van der Waals surface area (Å²) >= 11 is 1.84. The molecule has 2 saturated heterocycles. The predicted molar refractivity (Wildman–Crippen MR) is 110 cm³/mol. The molecule has 1 aromatic rings. The largest absolute Gasteiger partial charge is 0.370 e. The highest BCUT2D eigenvalue weighted by atomic mass is 127. The topological polar surface area (TPSA) is 44.9 Å². The molecule has 2 aliphatic heterocycles. The number of guanidine groups is 1. The maximum Gasteiger partial charge on any atom is 0.191 e. The summed E-state index contributed by atoms with van der Waals surface area (Å²) in [6, 6.07) is 4.79. The molecule has 0 spiro atoms. The van der Waals surface area contributed by atoms with E-state index in [1.165, 1.54) is 43.6 Å². The smallest absolute Gasteiger partial charge is 0.191 e. The molecule has 2 unspecified atom stereocenters. The van der Waals surface area contributed by atoms with Crippen molar-refractivity contribution in [3.05, 3.63) is 22.4 Å². The molecule has 0 aromatic carbocycles. The van der Waals surface area contributed by atoms with Crippen molar-refractivity contribution in [1.29, 1.82) is 0 Å². The summed E-state index contributed by atoms with van der Waals surface area (Å²) in [5.74, 6) is 1.47. The van der Waals surface area contributed by atoms with Crippen molar-refractivity contribution >= 4 is 41.3 Å². The second-order valence-electron chi connectivity index (χ2n) is 6.67. The van der Waals surface area contributed by atoms with Crippen molar-refractivity contribution in [3.63, 3.8) is 0 Å². The molecule has 2 atom stereocenters. The minimum absolute atomic E-state index is 0. The van der Waals surface area contributed by atoms with Gasteiger partial charge in [-0.1, -0.05) is 13.0 Å². The normalized spacial score (nSPS) is 24.5. The Balaban J connectivity index is 0.00000192. The standard InChI is InChI=1S/C17H28N4S.HI/c1-14-6-4-10-21(13-14)17(18)19-12-15(16-7-5-11-22-16)20-8-2-3-9-20;/h5,7,11,14-15H,2-4,6,8-10,12-13H2,1H3,(H2,18,19);1H. The third-order valence-electron chi connectivity index (χ3n) is 4.86. The van der Waals surface area contributed by atoms with Crippen molar-refractivity contribution in [3.8, 4) is 0 Å². The number of piperidine rings is 1. The van der Waals surface area contributed by atoms with Gasteiger partial charge in [0.25, 0.3) is 0 Å². The van der Waals surface area contributed by atoms with Crippen LogP contribution in [0.15, 0.2) is 22.5 Å². The van der Waals surface area contributed by atoms with Crippen molar-refractivity contribution in [2.45, 2.75) is 38.6 Å². The molecule has 2 fully saturated rings. The van der Waals surface area contributed by atoms with Gasteiger partial charge in [-0.15, -0.1) is 35.3 Å². The predicted octanol–water partition coefficient (Wildman–Crippen LogP) is 3.55. The van der Waals surface area contributed by atoms with Crippen LogP contribution in [0.5, 0.6) is 0 Å². The van der Waals surface area contributed by atoms with Gasteiger partial charge in [0.2, 0.25) is 0 Å². The maximum atomic E-state index is 6.27. The van der Waals surface area contributed by atoms with Crippen LogP contribution >= 0.6 is 35.3 Å². The highest BCUT2D eigenvalue weighted by Crippen LogP contribution is 2.28. The Morgan fingerprint density at radius 3 is 2.78 bits per heavy atom. The third-order valence-corrected chi connectivity index (χ3v) is 5.83. The van der Waals surface area contributed by atoms with Crippen LogP contribution in [0.1, 0.15) is 43.5 Å². The second kappa shape index (κ2) is 9.22. The van der Waals surface area contributed by atoms with Crippen LogP contribution in [0.2, 0.25) is 0 Å². The van der Waals surface area contributed by atoms with Crippen LogP contribution in [-0.4, -0.2) is 48.5 Å². The third kappa shape index (κ3) is 5.06. The maximum absolute atomic E-state index is 6.27. The Morgan fingerprint density at radius 2 is 2.13 bits per heavy atom. The average molecular weight is 448 g/mol. The molecule has 0 radical (unpaired) electrons. The molecule has 0 amide bonds. The van der Waals surface area contributed by atoms with Gasteiger partial charge in [0, 0.05) is 18.0 Å². The van der Waals surface area contributed by atoms with E-state index in [1.54, 1.807) is 0 Å². The number of nitrogens with two attached hydrogens (primary N) is 1. The number of hydrogen-bond acceptors (Lipinski definition) is 3. The lowest BCUT2D eigenvalue weighted by Crippen LogP contribution is -2.44. The van der Waals surface area contributed by atoms with Gasteiger partial charge in [-0.3, -0.25) is 9.89 Å². The molecule has 2 N–H and O–H groups in total. The van der Waals surface area contributed by atoms with E-state index >= 15 is 0 Å². The van der Waals surface area contributed by atoms with E-state index in [-0.39, 0.29) is 24.0 Å². The van der Waals surface area contributed by atoms with E-state index in [9.17, 15) is 0 Å². The summed E-state index contributed by atoms with van der Waals surface area (Å²) in [6.07, 6.45) is 5.17. The van der Waals surface area contributed by atoms with Gasteiger partial charge in [-0.05, 0) is 56.1 Å². The molecular weight excluding hydrogens is 419 g/mol. The first-order valence-electron chi connectivity index (χ1n) is 8.56. The fourth-order valence-corrected chi connectivity index (χ4v) is 4.45. The molecule has 2 aliphatic rings. The average Bonchev–Trinajstić information content (AvgIpc) is 3.21. The fraction of sp³-hybridized carbons (Fsp3) is 0.706. The highest BCUT2D eigenvalue weighted by Gasteiger charge is 2.24. The summed E-state index contributed by atoms with van der Waals surface area (Å²) in [5.41, 5.74) is 6.27. The first-order chi connectivity index (χ1) is 10.7. The SMILES string of the molecule is CC1CCCN(C(N)=NCC(c2cccs2)N2CCCC2)C1.I. The minimum atomic E-state index is 0. The lowest BCUT2D eigenvalue weighted by Gasteiger charge is -2.32. The Hall–Kier alpha value is -0.340. The molecule has 0 aliphatic carbocycles. The van der Waals surface area contributed by atoms with E-state index < -0.39 is 0 Å². The molecule has 3 rings (SSSR count). The molecule has 6 heteroatoms. The number of likely N-dealkylation sites (tertiary alicyclic amines) is 2. The second-order valence-corrected chi connectivity index (χ2v) is 7.65. The van der Waals surface area contributed by atoms with Gasteiger partial charge in [-0.25, -0.2) is 0 Å². The zero-order valence-electron chi connectivity index (χ0n) is 14.0. The van der Waals surface area contributed by atoms with Crippen molar-refractivity contribution < 1.29 is 0 Å². The number of thiophene rings is 1. The van der Waals surface area contributed by atoms with Crippen molar-refractivity contribution in [2.75, 3.05) is 32.7 Å². The van der Waals surface area contributed by atoms with Crippen molar-refractivity contribution in [2.24, 2.45) is 16.6 Å². The van der Waals surface area contributed by atoms with E-state index in [0.717, 1.165) is 31.5 Å². The van der Waals surface area contributed by atoms with Gasteiger partial charge in [0.15, 0.2) is 5.96 Å². The van der Waals surface area contributed by atoms with Gasteiger partial charge in [0.05, 0.1) is 12.6 Å². The fourth-order valence-electron chi connectivity index (χ4n) is 3.60. The quantitative estimate of drug-likeness (QED) is 0.436. The number of nitrogens with zero attached hydrogens (tertiary/aromatic N) is 3. The van der Waals surface area contributed by atoms with E-state index in [4.69, 9.17) is 10.7 Å². The lowest BCUT2D eigenvalue weighted by molar-refractivity contribution is 0.250. The molecule has 0 saturated carbocycles. The molecule has 130 valence electrons. The number of hydrogen-bond donors (Lipinski definition) is 1. The summed E-state index contributed by atoms with van der Waals surface area (Å²) in [5, 5.41) is 2.16. The van der Waals surface area contributed by atoms with E-state index in [1.807, 2.05) is 11.3 Å². The van der Waals surface area contributed by atoms with Crippen molar-refractivity contribution in [1.82, 2.24) is 9.80 Å². The lowest BCUT2D eigenvalue weighted by atomic mass is 10.0. The van der Waals surface area contributed by atoms with Gasteiger partial charge in [-0.2, -0.15) is 0 Å². The molecule has 0 bridgehead atoms.